The Hall–Kier alpha value is -3.72. The second kappa shape index (κ2) is 7.89. The van der Waals surface area contributed by atoms with Crippen LogP contribution in [0.3, 0.4) is 0 Å². The van der Waals surface area contributed by atoms with Crippen LogP contribution in [0.15, 0.2) is 103 Å². The van der Waals surface area contributed by atoms with Gasteiger partial charge in [-0.1, -0.05) is 97.1 Å². The maximum Gasteiger partial charge on any atom is 0.339 e. The molecule has 28 heavy (non-hydrogen) atoms. The minimum absolute atomic E-state index is 0.250. The third kappa shape index (κ3) is 3.55. The van der Waals surface area contributed by atoms with Gasteiger partial charge in [0.25, 0.3) is 0 Å². The molecule has 4 rings (SSSR count). The number of carbonyl (C=O) groups is 2. The highest BCUT2D eigenvalue weighted by molar-refractivity contribution is 6.06. The van der Waals surface area contributed by atoms with Crippen molar-refractivity contribution in [1.29, 1.82) is 0 Å². The SMILES string of the molecule is O=C(O[C@H](C(=O)c1ccccc1)c1ccccc1)c1cccc2ccccc12. The van der Waals surface area contributed by atoms with E-state index in [9.17, 15) is 9.59 Å². The monoisotopic (exact) mass is 366 g/mol. The van der Waals surface area contributed by atoms with Crippen molar-refractivity contribution in [1.82, 2.24) is 0 Å². The Morgan fingerprint density at radius 1 is 0.643 bits per heavy atom. The van der Waals surface area contributed by atoms with Gasteiger partial charge >= 0.3 is 5.97 Å². The molecule has 0 aliphatic rings. The number of ketones is 1. The summed E-state index contributed by atoms with van der Waals surface area (Å²) in [6, 6.07) is 31.1. The first-order chi connectivity index (χ1) is 13.7. The normalized spacial score (nSPS) is 11.7. The molecule has 0 heterocycles. The van der Waals surface area contributed by atoms with Gasteiger partial charge in [-0.05, 0) is 16.8 Å². The van der Waals surface area contributed by atoms with E-state index in [1.54, 1.807) is 42.5 Å². The zero-order valence-electron chi connectivity index (χ0n) is 15.1. The highest BCUT2D eigenvalue weighted by atomic mass is 16.5. The summed E-state index contributed by atoms with van der Waals surface area (Å²) in [6.45, 7) is 0. The maximum atomic E-state index is 13.1. The largest absolute Gasteiger partial charge is 0.445 e. The molecular weight excluding hydrogens is 348 g/mol. The van der Waals surface area contributed by atoms with Gasteiger partial charge < -0.3 is 4.74 Å². The molecule has 0 saturated heterocycles. The van der Waals surface area contributed by atoms with Crippen LogP contribution < -0.4 is 0 Å². The maximum absolute atomic E-state index is 13.1. The third-order valence-electron chi connectivity index (χ3n) is 4.63. The molecule has 0 aliphatic heterocycles. The van der Waals surface area contributed by atoms with E-state index in [2.05, 4.69) is 0 Å². The van der Waals surface area contributed by atoms with Crippen LogP contribution in [0.4, 0.5) is 0 Å². The molecule has 0 radical (unpaired) electrons. The first kappa shape index (κ1) is 17.7. The first-order valence-electron chi connectivity index (χ1n) is 9.07. The number of benzene rings is 4. The summed E-state index contributed by atoms with van der Waals surface area (Å²) >= 11 is 0. The Morgan fingerprint density at radius 2 is 1.25 bits per heavy atom. The number of fused-ring (bicyclic) bond motifs is 1. The number of rotatable bonds is 5. The van der Waals surface area contributed by atoms with E-state index in [0.717, 1.165) is 10.8 Å². The molecule has 3 nitrogen and oxygen atoms in total. The molecule has 0 N–H and O–H groups in total. The van der Waals surface area contributed by atoms with Gasteiger partial charge in [-0.3, -0.25) is 4.79 Å². The summed E-state index contributed by atoms with van der Waals surface area (Å²) in [5.74, 6) is -0.768. The molecule has 0 fully saturated rings. The Morgan fingerprint density at radius 3 is 2.00 bits per heavy atom. The molecule has 0 aliphatic carbocycles. The van der Waals surface area contributed by atoms with E-state index < -0.39 is 12.1 Å². The first-order valence-corrected chi connectivity index (χ1v) is 9.07. The van der Waals surface area contributed by atoms with Crippen LogP contribution in [0.2, 0.25) is 0 Å². The van der Waals surface area contributed by atoms with Gasteiger partial charge in [-0.25, -0.2) is 4.79 Å². The summed E-state index contributed by atoms with van der Waals surface area (Å²) in [6.07, 6.45) is -1.00. The molecule has 4 aromatic rings. The molecule has 0 aromatic heterocycles. The molecular formula is C25H18O3. The number of ether oxygens (including phenoxy) is 1. The van der Waals surface area contributed by atoms with Gasteiger partial charge in [0.2, 0.25) is 5.78 Å². The Balaban J connectivity index is 1.71. The lowest BCUT2D eigenvalue weighted by atomic mass is 9.99. The standard InChI is InChI=1S/C25H18O3/c26-23(19-11-3-1-4-12-19)24(20-13-5-2-6-14-20)28-25(27)22-17-9-15-18-10-7-8-16-21(18)22/h1-17,24H/t24-/m0/s1. The summed E-state index contributed by atoms with van der Waals surface area (Å²) < 4.78 is 5.76. The van der Waals surface area contributed by atoms with Crippen molar-refractivity contribution in [3.63, 3.8) is 0 Å². The molecule has 136 valence electrons. The fraction of sp³-hybridized carbons (Fsp3) is 0.0400. The molecule has 0 unspecified atom stereocenters. The molecule has 0 bridgehead atoms. The van der Waals surface area contributed by atoms with Gasteiger partial charge in [-0.2, -0.15) is 0 Å². The summed E-state index contributed by atoms with van der Waals surface area (Å²) in [5, 5.41) is 1.75. The van der Waals surface area contributed by atoms with Crippen LogP contribution >= 0.6 is 0 Å². The predicted octanol–water partition coefficient (Wildman–Crippen LogP) is 5.62. The van der Waals surface area contributed by atoms with E-state index in [-0.39, 0.29) is 5.78 Å². The van der Waals surface area contributed by atoms with Crippen molar-refractivity contribution in [2.24, 2.45) is 0 Å². The Kier molecular flexibility index (Phi) is 4.98. The second-order valence-corrected chi connectivity index (χ2v) is 6.45. The summed E-state index contributed by atoms with van der Waals surface area (Å²) in [4.78, 5) is 26.1. The lowest BCUT2D eigenvalue weighted by Gasteiger charge is -2.18. The third-order valence-corrected chi connectivity index (χ3v) is 4.63. The minimum Gasteiger partial charge on any atom is -0.445 e. The van der Waals surface area contributed by atoms with Gasteiger partial charge in [0.05, 0.1) is 5.56 Å². The smallest absolute Gasteiger partial charge is 0.339 e. The zero-order chi connectivity index (χ0) is 19.3. The van der Waals surface area contributed by atoms with Crippen molar-refractivity contribution in [3.05, 3.63) is 120 Å². The van der Waals surface area contributed by atoms with E-state index in [1.807, 2.05) is 60.7 Å². The van der Waals surface area contributed by atoms with Crippen molar-refractivity contribution >= 4 is 22.5 Å². The number of esters is 1. The molecule has 3 heteroatoms. The molecule has 4 aromatic carbocycles. The van der Waals surface area contributed by atoms with Crippen LogP contribution in [0.1, 0.15) is 32.4 Å². The average molecular weight is 366 g/mol. The Bertz CT molecular complexity index is 1110. The van der Waals surface area contributed by atoms with E-state index in [1.165, 1.54) is 0 Å². The summed E-state index contributed by atoms with van der Waals surface area (Å²) in [7, 11) is 0. The molecule has 0 saturated carbocycles. The molecule has 0 spiro atoms. The van der Waals surface area contributed by atoms with Crippen LogP contribution in [0, 0.1) is 0 Å². The van der Waals surface area contributed by atoms with E-state index >= 15 is 0 Å². The number of hydrogen-bond acceptors (Lipinski definition) is 3. The summed E-state index contributed by atoms with van der Waals surface area (Å²) in [5.41, 5.74) is 1.59. The lowest BCUT2D eigenvalue weighted by molar-refractivity contribution is 0.0282. The van der Waals surface area contributed by atoms with Crippen molar-refractivity contribution in [3.8, 4) is 0 Å². The number of Topliss-reactive ketones (excluding diaryl/α,β-unsaturated/α-hetero) is 1. The fourth-order valence-electron chi connectivity index (χ4n) is 3.23. The number of hydrogen-bond donors (Lipinski definition) is 0. The van der Waals surface area contributed by atoms with Crippen LogP contribution in [0.25, 0.3) is 10.8 Å². The fourth-order valence-corrected chi connectivity index (χ4v) is 3.23. The second-order valence-electron chi connectivity index (χ2n) is 6.45. The van der Waals surface area contributed by atoms with E-state index in [4.69, 9.17) is 4.74 Å². The predicted molar refractivity (Wildman–Crippen MR) is 109 cm³/mol. The highest BCUT2D eigenvalue weighted by Gasteiger charge is 2.27. The molecule has 1 atom stereocenters. The topological polar surface area (TPSA) is 43.4 Å². The van der Waals surface area contributed by atoms with Gasteiger partial charge in [0.1, 0.15) is 0 Å². The Labute approximate surface area is 163 Å². The van der Waals surface area contributed by atoms with Crippen molar-refractivity contribution in [2.75, 3.05) is 0 Å². The van der Waals surface area contributed by atoms with Gasteiger partial charge in [0.15, 0.2) is 6.10 Å². The van der Waals surface area contributed by atoms with Gasteiger partial charge in [-0.15, -0.1) is 0 Å². The number of carbonyl (C=O) groups excluding carboxylic acids is 2. The van der Waals surface area contributed by atoms with Crippen molar-refractivity contribution < 1.29 is 14.3 Å². The van der Waals surface area contributed by atoms with Crippen LogP contribution in [0.5, 0.6) is 0 Å². The highest BCUT2D eigenvalue weighted by Crippen LogP contribution is 2.26. The van der Waals surface area contributed by atoms with E-state index in [0.29, 0.717) is 16.7 Å². The quantitative estimate of drug-likeness (QED) is 0.340. The van der Waals surface area contributed by atoms with Crippen molar-refractivity contribution in [2.45, 2.75) is 6.10 Å². The zero-order valence-corrected chi connectivity index (χ0v) is 15.1. The van der Waals surface area contributed by atoms with Crippen LogP contribution in [-0.4, -0.2) is 11.8 Å². The van der Waals surface area contributed by atoms with Crippen LogP contribution in [-0.2, 0) is 4.74 Å². The van der Waals surface area contributed by atoms with Gasteiger partial charge in [0, 0.05) is 11.1 Å². The minimum atomic E-state index is -1.00. The lowest BCUT2D eigenvalue weighted by Crippen LogP contribution is -2.20. The molecule has 0 amide bonds. The average Bonchev–Trinajstić information content (AvgIpc) is 2.77.